The number of amides is 1. The Balaban J connectivity index is 2.25. The van der Waals surface area contributed by atoms with Crippen molar-refractivity contribution in [1.82, 2.24) is 4.90 Å². The predicted octanol–water partition coefficient (Wildman–Crippen LogP) is 3.76. The molecule has 1 aromatic carbocycles. The number of hydrogen-bond donors (Lipinski definition) is 0. The van der Waals surface area contributed by atoms with Crippen LogP contribution in [0.2, 0.25) is 0 Å². The summed E-state index contributed by atoms with van der Waals surface area (Å²) in [7, 11) is 4.90. The van der Waals surface area contributed by atoms with Crippen LogP contribution in [0.1, 0.15) is 39.2 Å². The Bertz CT molecular complexity index is 633. The monoisotopic (exact) mass is 347 g/mol. The molecule has 1 aliphatic rings. The van der Waals surface area contributed by atoms with Gasteiger partial charge < -0.3 is 19.1 Å². The van der Waals surface area contributed by atoms with E-state index in [1.54, 1.807) is 21.3 Å². The molecule has 1 amide bonds. The van der Waals surface area contributed by atoms with E-state index in [4.69, 9.17) is 14.2 Å². The summed E-state index contributed by atoms with van der Waals surface area (Å²) in [4.78, 5) is 14.3. The second kappa shape index (κ2) is 7.81. The topological polar surface area (TPSA) is 48.0 Å². The van der Waals surface area contributed by atoms with E-state index in [0.717, 1.165) is 29.1 Å². The molecule has 1 aliphatic heterocycles. The summed E-state index contributed by atoms with van der Waals surface area (Å²) >= 11 is 0. The SMILES string of the molecule is COc1cc(OC)c(C2=CCN(C(=O)CC(C)(C)C)CC2)c(OC)c1. The van der Waals surface area contributed by atoms with Crippen LogP contribution in [0, 0.1) is 5.41 Å². The quantitative estimate of drug-likeness (QED) is 0.814. The highest BCUT2D eigenvalue weighted by atomic mass is 16.5. The fraction of sp³-hybridized carbons (Fsp3) is 0.550. The first-order valence-electron chi connectivity index (χ1n) is 8.56. The zero-order chi connectivity index (χ0) is 18.6. The second-order valence-corrected chi connectivity index (χ2v) is 7.46. The molecule has 0 saturated carbocycles. The van der Waals surface area contributed by atoms with Gasteiger partial charge in [-0.3, -0.25) is 4.79 Å². The van der Waals surface area contributed by atoms with Crippen molar-refractivity contribution in [2.45, 2.75) is 33.6 Å². The Hall–Kier alpha value is -2.17. The van der Waals surface area contributed by atoms with Crippen LogP contribution in [0.5, 0.6) is 17.2 Å². The summed E-state index contributed by atoms with van der Waals surface area (Å²) in [6.07, 6.45) is 3.43. The molecule has 0 aromatic heterocycles. The highest BCUT2D eigenvalue weighted by molar-refractivity contribution is 5.81. The van der Waals surface area contributed by atoms with Crippen molar-refractivity contribution in [3.63, 3.8) is 0 Å². The van der Waals surface area contributed by atoms with Crippen LogP contribution < -0.4 is 14.2 Å². The van der Waals surface area contributed by atoms with E-state index in [-0.39, 0.29) is 11.3 Å². The highest BCUT2D eigenvalue weighted by Gasteiger charge is 2.25. The van der Waals surface area contributed by atoms with E-state index in [1.165, 1.54) is 0 Å². The second-order valence-electron chi connectivity index (χ2n) is 7.46. The lowest BCUT2D eigenvalue weighted by Gasteiger charge is -2.30. The average molecular weight is 347 g/mol. The number of nitrogens with zero attached hydrogens (tertiary/aromatic N) is 1. The van der Waals surface area contributed by atoms with Gasteiger partial charge in [0.25, 0.3) is 0 Å². The molecule has 0 saturated heterocycles. The Morgan fingerprint density at radius 1 is 1.08 bits per heavy atom. The predicted molar refractivity (Wildman–Crippen MR) is 99.3 cm³/mol. The van der Waals surface area contributed by atoms with Crippen LogP contribution in [0.4, 0.5) is 0 Å². The highest BCUT2D eigenvalue weighted by Crippen LogP contribution is 2.41. The van der Waals surface area contributed by atoms with Gasteiger partial charge in [-0.2, -0.15) is 0 Å². The molecule has 1 aromatic rings. The number of carbonyl (C=O) groups is 1. The van der Waals surface area contributed by atoms with Gasteiger partial charge in [0.1, 0.15) is 17.2 Å². The van der Waals surface area contributed by atoms with Crippen LogP contribution in [-0.4, -0.2) is 45.2 Å². The number of hydrogen-bond acceptors (Lipinski definition) is 4. The fourth-order valence-electron chi connectivity index (χ4n) is 3.01. The van der Waals surface area contributed by atoms with E-state index in [9.17, 15) is 4.79 Å². The van der Waals surface area contributed by atoms with Crippen LogP contribution in [-0.2, 0) is 4.79 Å². The lowest BCUT2D eigenvalue weighted by Crippen LogP contribution is -2.36. The maximum atomic E-state index is 12.4. The van der Waals surface area contributed by atoms with Crippen molar-refractivity contribution in [1.29, 1.82) is 0 Å². The van der Waals surface area contributed by atoms with Crippen molar-refractivity contribution in [2.24, 2.45) is 5.41 Å². The van der Waals surface area contributed by atoms with Crippen LogP contribution >= 0.6 is 0 Å². The first-order valence-corrected chi connectivity index (χ1v) is 8.56. The van der Waals surface area contributed by atoms with Crippen molar-refractivity contribution in [3.05, 3.63) is 23.8 Å². The molecule has 0 aliphatic carbocycles. The van der Waals surface area contributed by atoms with Crippen molar-refractivity contribution >= 4 is 11.5 Å². The van der Waals surface area contributed by atoms with E-state index in [2.05, 4.69) is 26.8 Å². The number of ether oxygens (including phenoxy) is 3. The van der Waals surface area contributed by atoms with Gasteiger partial charge in [0.05, 0.1) is 26.9 Å². The molecular weight excluding hydrogens is 318 g/mol. The van der Waals surface area contributed by atoms with Crippen LogP contribution in [0.15, 0.2) is 18.2 Å². The standard InChI is InChI=1S/C20H29NO4/c1-20(2,3)13-18(22)21-9-7-14(8-10-21)19-16(24-5)11-15(23-4)12-17(19)25-6/h7,11-12H,8-10,13H2,1-6H3. The minimum Gasteiger partial charge on any atom is -0.496 e. The first-order chi connectivity index (χ1) is 11.8. The molecular formula is C20H29NO4. The van der Waals surface area contributed by atoms with Crippen molar-refractivity contribution in [2.75, 3.05) is 34.4 Å². The number of benzene rings is 1. The lowest BCUT2D eigenvalue weighted by atomic mass is 9.91. The third-order valence-electron chi connectivity index (χ3n) is 4.28. The van der Waals surface area contributed by atoms with Gasteiger partial charge in [-0.05, 0) is 17.4 Å². The maximum absolute atomic E-state index is 12.4. The Morgan fingerprint density at radius 2 is 1.68 bits per heavy atom. The summed E-state index contributed by atoms with van der Waals surface area (Å²) in [5.74, 6) is 2.33. The Labute approximate surface area is 150 Å². The largest absolute Gasteiger partial charge is 0.496 e. The van der Waals surface area contributed by atoms with Gasteiger partial charge in [-0.15, -0.1) is 0 Å². The molecule has 0 radical (unpaired) electrons. The van der Waals surface area contributed by atoms with E-state index < -0.39 is 0 Å². The Kier molecular flexibility index (Phi) is 5.98. The molecule has 25 heavy (non-hydrogen) atoms. The minimum atomic E-state index is 0.00347. The summed E-state index contributed by atoms with van der Waals surface area (Å²) in [6, 6.07) is 3.71. The molecule has 0 fully saturated rings. The molecule has 0 unspecified atom stereocenters. The zero-order valence-corrected chi connectivity index (χ0v) is 16.1. The van der Waals surface area contributed by atoms with E-state index in [0.29, 0.717) is 25.3 Å². The third kappa shape index (κ3) is 4.68. The Morgan fingerprint density at radius 3 is 2.08 bits per heavy atom. The van der Waals surface area contributed by atoms with Crippen molar-refractivity contribution < 1.29 is 19.0 Å². The summed E-state index contributed by atoms with van der Waals surface area (Å²) in [5.41, 5.74) is 2.08. The van der Waals surface area contributed by atoms with Crippen LogP contribution in [0.3, 0.4) is 0 Å². The summed E-state index contributed by atoms with van der Waals surface area (Å²) < 4.78 is 16.4. The molecule has 138 valence electrons. The van der Waals surface area contributed by atoms with Gasteiger partial charge in [0, 0.05) is 31.6 Å². The van der Waals surface area contributed by atoms with Gasteiger partial charge in [0.15, 0.2) is 0 Å². The summed E-state index contributed by atoms with van der Waals surface area (Å²) in [5, 5.41) is 0. The molecule has 5 nitrogen and oxygen atoms in total. The molecule has 2 rings (SSSR count). The molecule has 0 N–H and O–H groups in total. The van der Waals surface area contributed by atoms with Gasteiger partial charge >= 0.3 is 0 Å². The third-order valence-corrected chi connectivity index (χ3v) is 4.28. The number of rotatable bonds is 5. The zero-order valence-electron chi connectivity index (χ0n) is 16.1. The maximum Gasteiger partial charge on any atom is 0.223 e. The molecule has 0 bridgehead atoms. The smallest absolute Gasteiger partial charge is 0.223 e. The van der Waals surface area contributed by atoms with Crippen molar-refractivity contribution in [3.8, 4) is 17.2 Å². The van der Waals surface area contributed by atoms with Gasteiger partial charge in [0.2, 0.25) is 5.91 Å². The van der Waals surface area contributed by atoms with Gasteiger partial charge in [-0.25, -0.2) is 0 Å². The molecule has 1 heterocycles. The molecule has 5 heteroatoms. The lowest BCUT2D eigenvalue weighted by molar-refractivity contribution is -0.132. The molecule has 0 spiro atoms. The average Bonchev–Trinajstić information content (AvgIpc) is 2.59. The number of carbonyl (C=O) groups excluding carboxylic acids is 1. The normalized spacial score (nSPS) is 14.8. The minimum absolute atomic E-state index is 0.00347. The van der Waals surface area contributed by atoms with Crippen LogP contribution in [0.25, 0.3) is 5.57 Å². The first kappa shape index (κ1) is 19.2. The molecule has 0 atom stereocenters. The fourth-order valence-corrected chi connectivity index (χ4v) is 3.01. The van der Waals surface area contributed by atoms with E-state index in [1.807, 2.05) is 17.0 Å². The van der Waals surface area contributed by atoms with Gasteiger partial charge in [-0.1, -0.05) is 26.8 Å². The number of methoxy groups -OCH3 is 3. The van der Waals surface area contributed by atoms with E-state index >= 15 is 0 Å². The summed E-state index contributed by atoms with van der Waals surface area (Å²) in [6.45, 7) is 7.58.